The summed E-state index contributed by atoms with van der Waals surface area (Å²) < 4.78 is 0. The van der Waals surface area contributed by atoms with Crippen LogP contribution in [0.1, 0.15) is 28.5 Å². The van der Waals surface area contributed by atoms with Crippen molar-refractivity contribution in [3.63, 3.8) is 0 Å². The molecule has 0 radical (unpaired) electrons. The Morgan fingerprint density at radius 3 is 2.35 bits per heavy atom. The van der Waals surface area contributed by atoms with Gasteiger partial charge in [-0.2, -0.15) is 0 Å². The van der Waals surface area contributed by atoms with Crippen molar-refractivity contribution >= 4 is 23.4 Å². The van der Waals surface area contributed by atoms with E-state index in [1.165, 1.54) is 22.5 Å². The standard InChI is InChI=1S/C28H23N3/c1-2-8-20(9-3-1)22-18-29-28(30-19-22)21-14-16-23(17-15-21)31-26-12-6-4-10-24(26)25-11-5-7-13-27(25)31/h1-18,22,24,26H,19H2. The molecule has 0 amide bonds. The van der Waals surface area contributed by atoms with Crippen molar-refractivity contribution in [2.45, 2.75) is 17.9 Å². The third kappa shape index (κ3) is 3.14. The molecule has 3 nitrogen and oxygen atoms in total. The Labute approximate surface area is 182 Å². The van der Waals surface area contributed by atoms with E-state index in [0.29, 0.717) is 12.0 Å². The molecule has 0 bridgehead atoms. The average molecular weight is 402 g/mol. The molecule has 150 valence electrons. The minimum absolute atomic E-state index is 0.258. The van der Waals surface area contributed by atoms with Gasteiger partial charge in [0.15, 0.2) is 5.84 Å². The van der Waals surface area contributed by atoms with Crippen molar-refractivity contribution < 1.29 is 0 Å². The number of para-hydroxylation sites is 1. The number of hydrogen-bond acceptors (Lipinski definition) is 3. The second-order valence-electron chi connectivity index (χ2n) is 8.22. The van der Waals surface area contributed by atoms with Gasteiger partial charge in [0, 0.05) is 35.0 Å². The van der Waals surface area contributed by atoms with E-state index in [2.05, 4.69) is 107 Å². The van der Waals surface area contributed by atoms with Crippen LogP contribution in [0.3, 0.4) is 0 Å². The SMILES string of the molecule is C1=CC2c3ccccc3N(c3ccc(C4=NCC(c5ccccc5)C=N4)cc3)C2C=C1. The van der Waals surface area contributed by atoms with Crippen LogP contribution >= 0.6 is 0 Å². The van der Waals surface area contributed by atoms with Crippen LogP contribution in [0.5, 0.6) is 0 Å². The van der Waals surface area contributed by atoms with Crippen LogP contribution in [0.2, 0.25) is 0 Å². The van der Waals surface area contributed by atoms with Crippen molar-refractivity contribution in [3.8, 4) is 0 Å². The smallest absolute Gasteiger partial charge is 0.154 e. The quantitative estimate of drug-likeness (QED) is 0.526. The minimum Gasteiger partial charge on any atom is -0.333 e. The van der Waals surface area contributed by atoms with Gasteiger partial charge in [-0.1, -0.05) is 72.8 Å². The Bertz CT molecular complexity index is 1220. The first-order valence-electron chi connectivity index (χ1n) is 10.9. The van der Waals surface area contributed by atoms with Gasteiger partial charge in [-0.15, -0.1) is 0 Å². The Kier molecular flexibility index (Phi) is 4.38. The highest BCUT2D eigenvalue weighted by Crippen LogP contribution is 2.47. The fraction of sp³-hybridized carbons (Fsp3) is 0.143. The van der Waals surface area contributed by atoms with Gasteiger partial charge in [0.05, 0.1) is 12.6 Å². The summed E-state index contributed by atoms with van der Waals surface area (Å²) in [6.07, 6.45) is 11.0. The first-order chi connectivity index (χ1) is 15.4. The first-order valence-corrected chi connectivity index (χ1v) is 10.9. The van der Waals surface area contributed by atoms with Crippen molar-refractivity contribution in [2.75, 3.05) is 11.4 Å². The maximum absolute atomic E-state index is 4.77. The van der Waals surface area contributed by atoms with Crippen LogP contribution in [0.4, 0.5) is 11.4 Å². The number of hydrogen-bond donors (Lipinski definition) is 0. The van der Waals surface area contributed by atoms with E-state index in [1.807, 2.05) is 12.3 Å². The molecule has 0 aromatic heterocycles. The summed E-state index contributed by atoms with van der Waals surface area (Å²) in [6, 6.07) is 28.2. The van der Waals surface area contributed by atoms with Gasteiger partial charge in [-0.3, -0.25) is 4.99 Å². The molecule has 0 N–H and O–H groups in total. The lowest BCUT2D eigenvalue weighted by atomic mass is 9.91. The summed E-state index contributed by atoms with van der Waals surface area (Å²) >= 11 is 0. The Morgan fingerprint density at radius 1 is 0.774 bits per heavy atom. The molecule has 0 saturated heterocycles. The first kappa shape index (κ1) is 18.1. The molecule has 3 aromatic rings. The highest BCUT2D eigenvalue weighted by molar-refractivity contribution is 6.05. The normalized spacial score (nSPS) is 23.4. The van der Waals surface area contributed by atoms with Crippen molar-refractivity contribution in [1.82, 2.24) is 0 Å². The molecule has 6 rings (SSSR count). The molecular formula is C28H23N3. The Balaban J connectivity index is 1.26. The molecule has 0 saturated carbocycles. The zero-order valence-electron chi connectivity index (χ0n) is 17.2. The third-order valence-electron chi connectivity index (χ3n) is 6.41. The van der Waals surface area contributed by atoms with Gasteiger partial charge in [0.2, 0.25) is 0 Å². The molecule has 3 aliphatic rings. The molecule has 3 unspecified atom stereocenters. The highest BCUT2D eigenvalue weighted by Gasteiger charge is 2.36. The van der Waals surface area contributed by atoms with E-state index >= 15 is 0 Å². The predicted octanol–water partition coefficient (Wildman–Crippen LogP) is 6.03. The number of fused-ring (bicyclic) bond motifs is 3. The zero-order valence-corrected chi connectivity index (χ0v) is 17.2. The monoisotopic (exact) mass is 401 g/mol. The van der Waals surface area contributed by atoms with Crippen LogP contribution in [0.25, 0.3) is 0 Å². The van der Waals surface area contributed by atoms with Crippen molar-refractivity contribution in [1.29, 1.82) is 0 Å². The number of rotatable bonds is 3. The number of aliphatic imine (C=N–C) groups is 2. The molecular weight excluding hydrogens is 378 g/mol. The lowest BCUT2D eigenvalue weighted by Gasteiger charge is -2.28. The molecule has 3 heteroatoms. The van der Waals surface area contributed by atoms with Crippen LogP contribution < -0.4 is 4.90 Å². The van der Waals surface area contributed by atoms with Crippen LogP contribution in [0, 0.1) is 0 Å². The van der Waals surface area contributed by atoms with Gasteiger partial charge >= 0.3 is 0 Å². The Hall–Kier alpha value is -3.72. The largest absolute Gasteiger partial charge is 0.333 e. The van der Waals surface area contributed by atoms with Crippen LogP contribution in [-0.4, -0.2) is 24.6 Å². The summed E-state index contributed by atoms with van der Waals surface area (Å²) in [7, 11) is 0. The third-order valence-corrected chi connectivity index (χ3v) is 6.41. The number of benzene rings is 3. The van der Waals surface area contributed by atoms with Crippen LogP contribution in [-0.2, 0) is 0 Å². The zero-order chi connectivity index (χ0) is 20.6. The van der Waals surface area contributed by atoms with Gasteiger partial charge in [-0.05, 0) is 41.5 Å². The molecule has 3 aromatic carbocycles. The van der Waals surface area contributed by atoms with E-state index in [-0.39, 0.29) is 5.92 Å². The summed E-state index contributed by atoms with van der Waals surface area (Å²) in [5, 5.41) is 0. The van der Waals surface area contributed by atoms with Gasteiger partial charge in [0.25, 0.3) is 0 Å². The van der Waals surface area contributed by atoms with Crippen molar-refractivity contribution in [2.24, 2.45) is 9.98 Å². The molecule has 0 fully saturated rings. The molecule has 31 heavy (non-hydrogen) atoms. The number of nitrogens with zero attached hydrogens (tertiary/aromatic N) is 3. The van der Waals surface area contributed by atoms with E-state index in [0.717, 1.165) is 17.9 Å². The number of allylic oxidation sites excluding steroid dienone is 2. The molecule has 0 spiro atoms. The molecule has 2 heterocycles. The predicted molar refractivity (Wildman–Crippen MR) is 129 cm³/mol. The van der Waals surface area contributed by atoms with E-state index < -0.39 is 0 Å². The maximum atomic E-state index is 4.77. The van der Waals surface area contributed by atoms with Gasteiger partial charge in [0.1, 0.15) is 0 Å². The van der Waals surface area contributed by atoms with Gasteiger partial charge < -0.3 is 4.90 Å². The van der Waals surface area contributed by atoms with Gasteiger partial charge in [-0.25, -0.2) is 4.99 Å². The molecule has 2 aliphatic heterocycles. The molecule has 3 atom stereocenters. The second kappa shape index (κ2) is 7.51. The summed E-state index contributed by atoms with van der Waals surface area (Å²) in [5.74, 6) is 1.48. The second-order valence-corrected chi connectivity index (χ2v) is 8.22. The average Bonchev–Trinajstić information content (AvgIpc) is 3.19. The van der Waals surface area contributed by atoms with E-state index in [9.17, 15) is 0 Å². The lowest BCUT2D eigenvalue weighted by Crippen LogP contribution is -2.28. The van der Waals surface area contributed by atoms with E-state index in [4.69, 9.17) is 4.99 Å². The number of anilines is 2. The lowest BCUT2D eigenvalue weighted by molar-refractivity contribution is 0.745. The summed E-state index contributed by atoms with van der Waals surface area (Å²) in [5.41, 5.74) is 6.22. The maximum Gasteiger partial charge on any atom is 0.154 e. The topological polar surface area (TPSA) is 28.0 Å². The number of amidine groups is 1. The van der Waals surface area contributed by atoms with E-state index in [1.54, 1.807) is 0 Å². The Morgan fingerprint density at radius 2 is 1.55 bits per heavy atom. The summed E-state index contributed by atoms with van der Waals surface area (Å²) in [6.45, 7) is 0.741. The van der Waals surface area contributed by atoms with Crippen LogP contribution in [0.15, 0.2) is 113 Å². The molecule has 1 aliphatic carbocycles. The fourth-order valence-electron chi connectivity index (χ4n) is 4.85. The fourth-order valence-corrected chi connectivity index (χ4v) is 4.85. The minimum atomic E-state index is 0.258. The summed E-state index contributed by atoms with van der Waals surface area (Å²) in [4.78, 5) is 11.9. The van der Waals surface area contributed by atoms with Crippen molar-refractivity contribution in [3.05, 3.63) is 120 Å². The highest BCUT2D eigenvalue weighted by atomic mass is 15.2.